The Morgan fingerprint density at radius 1 is 1.25 bits per heavy atom. The summed E-state index contributed by atoms with van der Waals surface area (Å²) >= 11 is 7.29. The minimum atomic E-state index is -0.643. The molecule has 1 saturated heterocycles. The number of hydrazine groups is 1. The standard InChI is InChI=1S/C17H20ClN5O4S/c1-3-27-12-5-4-11(18)13(20-12)15(24)21-22-16(25)14-10(2)19-17(28-14)23-6-8-26-9-7-23/h4-5H,3,6-9H2,1-2H3,(H,21,24)(H,22,25). The van der Waals surface area contributed by atoms with Gasteiger partial charge in [0.1, 0.15) is 4.88 Å². The van der Waals surface area contributed by atoms with Gasteiger partial charge in [0.15, 0.2) is 10.8 Å². The highest BCUT2D eigenvalue weighted by Crippen LogP contribution is 2.26. The number of anilines is 1. The Labute approximate surface area is 171 Å². The lowest BCUT2D eigenvalue weighted by Gasteiger charge is -2.25. The molecule has 11 heteroatoms. The fourth-order valence-electron chi connectivity index (χ4n) is 2.52. The van der Waals surface area contributed by atoms with Crippen LogP contribution in [0, 0.1) is 6.92 Å². The Hall–Kier alpha value is -2.43. The summed E-state index contributed by atoms with van der Waals surface area (Å²) in [6.45, 7) is 6.67. The zero-order valence-electron chi connectivity index (χ0n) is 15.5. The number of pyridine rings is 1. The lowest BCUT2D eigenvalue weighted by molar-refractivity contribution is 0.0845. The number of nitrogens with zero attached hydrogens (tertiary/aromatic N) is 3. The zero-order chi connectivity index (χ0) is 20.1. The largest absolute Gasteiger partial charge is 0.478 e. The van der Waals surface area contributed by atoms with Gasteiger partial charge in [-0.25, -0.2) is 9.97 Å². The number of carbonyl (C=O) groups excluding carboxylic acids is 2. The molecule has 1 fully saturated rings. The summed E-state index contributed by atoms with van der Waals surface area (Å²) < 4.78 is 10.6. The molecule has 0 unspecified atom stereocenters. The second kappa shape index (κ2) is 9.18. The van der Waals surface area contributed by atoms with Crippen molar-refractivity contribution in [1.29, 1.82) is 0 Å². The summed E-state index contributed by atoms with van der Waals surface area (Å²) in [5, 5.41) is 0.908. The van der Waals surface area contributed by atoms with Gasteiger partial charge in [0, 0.05) is 19.2 Å². The minimum absolute atomic E-state index is 0.0389. The van der Waals surface area contributed by atoms with Gasteiger partial charge in [0.2, 0.25) is 5.88 Å². The van der Waals surface area contributed by atoms with E-state index >= 15 is 0 Å². The SMILES string of the molecule is CCOc1ccc(Cl)c(C(=O)NNC(=O)c2sc(N3CCOCC3)nc2C)n1. The van der Waals surface area contributed by atoms with Crippen molar-refractivity contribution in [2.75, 3.05) is 37.8 Å². The molecule has 2 amide bonds. The number of aryl methyl sites for hydroxylation is 1. The first-order valence-electron chi connectivity index (χ1n) is 8.69. The molecule has 28 heavy (non-hydrogen) atoms. The molecule has 0 bridgehead atoms. The van der Waals surface area contributed by atoms with Gasteiger partial charge in [-0.3, -0.25) is 20.4 Å². The number of amides is 2. The second-order valence-electron chi connectivity index (χ2n) is 5.83. The van der Waals surface area contributed by atoms with E-state index in [0.717, 1.165) is 18.2 Å². The average molecular weight is 426 g/mol. The molecule has 3 rings (SSSR count). The minimum Gasteiger partial charge on any atom is -0.478 e. The smallest absolute Gasteiger partial charge is 0.289 e. The van der Waals surface area contributed by atoms with Crippen molar-refractivity contribution in [3.8, 4) is 5.88 Å². The number of hydrogen-bond donors (Lipinski definition) is 2. The number of hydrogen-bond acceptors (Lipinski definition) is 8. The van der Waals surface area contributed by atoms with E-state index in [1.54, 1.807) is 19.9 Å². The summed E-state index contributed by atoms with van der Waals surface area (Å²) in [5.41, 5.74) is 5.26. The van der Waals surface area contributed by atoms with Crippen molar-refractivity contribution in [1.82, 2.24) is 20.8 Å². The molecule has 1 aliphatic heterocycles. The quantitative estimate of drug-likeness (QED) is 0.703. The van der Waals surface area contributed by atoms with Crippen LogP contribution in [-0.4, -0.2) is 54.7 Å². The maximum Gasteiger partial charge on any atom is 0.289 e. The summed E-state index contributed by atoms with van der Waals surface area (Å²) in [6.07, 6.45) is 0. The zero-order valence-corrected chi connectivity index (χ0v) is 17.0. The van der Waals surface area contributed by atoms with E-state index < -0.39 is 11.8 Å². The van der Waals surface area contributed by atoms with Gasteiger partial charge >= 0.3 is 0 Å². The van der Waals surface area contributed by atoms with Crippen LogP contribution in [0.5, 0.6) is 5.88 Å². The Bertz CT molecular complexity index is 869. The summed E-state index contributed by atoms with van der Waals surface area (Å²) in [6, 6.07) is 3.08. The average Bonchev–Trinajstić information content (AvgIpc) is 3.10. The lowest BCUT2D eigenvalue weighted by atomic mass is 10.3. The Morgan fingerprint density at radius 2 is 1.96 bits per heavy atom. The molecule has 0 spiro atoms. The fraction of sp³-hybridized carbons (Fsp3) is 0.412. The van der Waals surface area contributed by atoms with Crippen LogP contribution in [0.1, 0.15) is 32.8 Å². The molecule has 0 atom stereocenters. The van der Waals surface area contributed by atoms with Gasteiger partial charge in [-0.2, -0.15) is 0 Å². The highest BCUT2D eigenvalue weighted by atomic mass is 35.5. The Morgan fingerprint density at radius 3 is 2.68 bits per heavy atom. The van der Waals surface area contributed by atoms with Crippen molar-refractivity contribution in [2.24, 2.45) is 0 Å². The summed E-state index contributed by atoms with van der Waals surface area (Å²) in [5.74, 6) is -0.827. The van der Waals surface area contributed by atoms with Crippen LogP contribution in [0.4, 0.5) is 5.13 Å². The molecule has 0 aliphatic carbocycles. The first-order chi connectivity index (χ1) is 13.5. The Balaban J connectivity index is 1.65. The van der Waals surface area contributed by atoms with Gasteiger partial charge in [-0.15, -0.1) is 0 Å². The van der Waals surface area contributed by atoms with E-state index in [4.69, 9.17) is 21.1 Å². The molecule has 0 radical (unpaired) electrons. The first kappa shape index (κ1) is 20.3. The number of aromatic nitrogens is 2. The van der Waals surface area contributed by atoms with E-state index in [2.05, 4.69) is 25.7 Å². The summed E-state index contributed by atoms with van der Waals surface area (Å²) in [4.78, 5) is 35.8. The van der Waals surface area contributed by atoms with Crippen molar-refractivity contribution in [3.63, 3.8) is 0 Å². The van der Waals surface area contributed by atoms with Gasteiger partial charge < -0.3 is 14.4 Å². The highest BCUT2D eigenvalue weighted by Gasteiger charge is 2.21. The van der Waals surface area contributed by atoms with Crippen LogP contribution in [0.25, 0.3) is 0 Å². The third-order valence-electron chi connectivity index (χ3n) is 3.89. The predicted molar refractivity (Wildman–Crippen MR) is 105 cm³/mol. The molecule has 3 heterocycles. The molecule has 1 aliphatic rings. The number of thiazole rings is 1. The van der Waals surface area contributed by atoms with Crippen LogP contribution in [0.15, 0.2) is 12.1 Å². The maximum atomic E-state index is 12.5. The van der Waals surface area contributed by atoms with Crippen molar-refractivity contribution in [2.45, 2.75) is 13.8 Å². The van der Waals surface area contributed by atoms with E-state index in [0.29, 0.717) is 30.4 Å². The Kier molecular flexibility index (Phi) is 6.65. The molecular formula is C17H20ClN5O4S. The highest BCUT2D eigenvalue weighted by molar-refractivity contribution is 7.17. The van der Waals surface area contributed by atoms with Crippen LogP contribution in [0.3, 0.4) is 0 Å². The predicted octanol–water partition coefficient (Wildman–Crippen LogP) is 1.81. The lowest BCUT2D eigenvalue weighted by Crippen LogP contribution is -2.42. The van der Waals surface area contributed by atoms with Crippen LogP contribution >= 0.6 is 22.9 Å². The van der Waals surface area contributed by atoms with Crippen molar-refractivity contribution < 1.29 is 19.1 Å². The molecule has 0 saturated carbocycles. The van der Waals surface area contributed by atoms with Crippen LogP contribution in [-0.2, 0) is 4.74 Å². The van der Waals surface area contributed by atoms with Gasteiger partial charge in [0.25, 0.3) is 11.8 Å². The van der Waals surface area contributed by atoms with Crippen molar-refractivity contribution >= 4 is 39.9 Å². The molecule has 2 aromatic heterocycles. The number of carbonyl (C=O) groups is 2. The van der Waals surface area contributed by atoms with Gasteiger partial charge in [0.05, 0.1) is 30.5 Å². The normalized spacial score (nSPS) is 13.9. The summed E-state index contributed by atoms with van der Waals surface area (Å²) in [7, 11) is 0. The van der Waals surface area contributed by atoms with Crippen molar-refractivity contribution in [3.05, 3.63) is 33.4 Å². The molecule has 2 N–H and O–H groups in total. The third kappa shape index (κ3) is 4.70. The number of nitrogens with one attached hydrogen (secondary N) is 2. The molecule has 2 aromatic rings. The fourth-order valence-corrected chi connectivity index (χ4v) is 3.73. The number of ether oxygens (including phenoxy) is 2. The number of morpholine rings is 1. The van der Waals surface area contributed by atoms with Gasteiger partial charge in [-0.1, -0.05) is 22.9 Å². The molecular weight excluding hydrogens is 406 g/mol. The molecule has 0 aromatic carbocycles. The van der Waals surface area contributed by atoms with E-state index in [-0.39, 0.29) is 16.6 Å². The van der Waals surface area contributed by atoms with E-state index in [9.17, 15) is 9.59 Å². The number of halogens is 1. The van der Waals surface area contributed by atoms with Gasteiger partial charge in [-0.05, 0) is 19.9 Å². The molecule has 150 valence electrons. The van der Waals surface area contributed by atoms with Crippen LogP contribution in [0.2, 0.25) is 5.02 Å². The first-order valence-corrected chi connectivity index (χ1v) is 9.89. The second-order valence-corrected chi connectivity index (χ2v) is 7.22. The van der Waals surface area contributed by atoms with E-state index in [1.807, 2.05) is 0 Å². The number of rotatable bonds is 5. The topological polar surface area (TPSA) is 106 Å². The van der Waals surface area contributed by atoms with E-state index in [1.165, 1.54) is 17.4 Å². The van der Waals surface area contributed by atoms with Crippen LogP contribution < -0.4 is 20.5 Å². The third-order valence-corrected chi connectivity index (χ3v) is 5.41. The molecule has 9 nitrogen and oxygen atoms in total. The monoisotopic (exact) mass is 425 g/mol. The maximum absolute atomic E-state index is 12.5.